The highest BCUT2D eigenvalue weighted by Crippen LogP contribution is 2.22. The maximum Gasteiger partial charge on any atom is 0.311 e. The minimum absolute atomic E-state index is 0.0282. The first-order valence-corrected chi connectivity index (χ1v) is 6.04. The highest BCUT2D eigenvalue weighted by molar-refractivity contribution is 6.30. The van der Waals surface area contributed by atoms with Crippen LogP contribution in [0.15, 0.2) is 36.4 Å². The monoisotopic (exact) mass is 277 g/mol. The third-order valence-electron chi connectivity index (χ3n) is 2.58. The molecule has 1 heterocycles. The maximum absolute atomic E-state index is 10.9. The molecule has 0 amide bonds. The van der Waals surface area contributed by atoms with Crippen LogP contribution < -0.4 is 5.32 Å². The van der Waals surface area contributed by atoms with E-state index in [0.717, 1.165) is 11.3 Å². The second-order valence-corrected chi connectivity index (χ2v) is 4.49. The van der Waals surface area contributed by atoms with Crippen LogP contribution in [0.25, 0.3) is 0 Å². The molecule has 1 aromatic heterocycles. The van der Waals surface area contributed by atoms with Crippen LogP contribution in [0, 0.1) is 17.0 Å². The van der Waals surface area contributed by atoms with Crippen LogP contribution in [-0.4, -0.2) is 9.91 Å². The van der Waals surface area contributed by atoms with Gasteiger partial charge in [-0.1, -0.05) is 23.7 Å². The molecule has 1 N–H and O–H groups in total. The molecule has 2 rings (SSSR count). The number of aryl methyl sites for hydroxylation is 1. The van der Waals surface area contributed by atoms with Crippen LogP contribution in [0.4, 0.5) is 11.5 Å². The third kappa shape index (κ3) is 3.42. The van der Waals surface area contributed by atoms with Gasteiger partial charge < -0.3 is 5.32 Å². The van der Waals surface area contributed by atoms with Gasteiger partial charge in [0, 0.05) is 23.3 Å². The van der Waals surface area contributed by atoms with Crippen molar-refractivity contribution >= 4 is 23.1 Å². The van der Waals surface area contributed by atoms with Gasteiger partial charge in [0.15, 0.2) is 0 Å². The fraction of sp³-hybridized carbons (Fsp3) is 0.154. The zero-order valence-corrected chi connectivity index (χ0v) is 11.0. The van der Waals surface area contributed by atoms with Crippen molar-refractivity contribution in [1.29, 1.82) is 0 Å². The molecule has 0 aliphatic heterocycles. The molecule has 0 bridgehead atoms. The number of hydrogen-bond acceptors (Lipinski definition) is 4. The molecule has 0 fully saturated rings. The van der Waals surface area contributed by atoms with Crippen molar-refractivity contribution in [2.24, 2.45) is 0 Å². The van der Waals surface area contributed by atoms with E-state index in [1.807, 2.05) is 12.1 Å². The zero-order valence-electron chi connectivity index (χ0n) is 10.3. The van der Waals surface area contributed by atoms with Crippen molar-refractivity contribution in [1.82, 2.24) is 4.98 Å². The van der Waals surface area contributed by atoms with Crippen molar-refractivity contribution < 1.29 is 4.92 Å². The number of nitrogens with one attached hydrogen (secondary N) is 1. The number of nitro groups is 1. The molecule has 0 saturated carbocycles. The Morgan fingerprint density at radius 3 is 2.58 bits per heavy atom. The van der Waals surface area contributed by atoms with E-state index in [4.69, 9.17) is 11.6 Å². The largest absolute Gasteiger partial charge is 0.360 e. The molecule has 1 aromatic carbocycles. The molecule has 0 spiro atoms. The molecule has 0 atom stereocenters. The number of benzene rings is 1. The first-order chi connectivity index (χ1) is 9.06. The summed E-state index contributed by atoms with van der Waals surface area (Å²) >= 11 is 5.79. The van der Waals surface area contributed by atoms with Gasteiger partial charge in [-0.25, -0.2) is 4.98 Å². The minimum Gasteiger partial charge on any atom is -0.360 e. The molecule has 0 unspecified atom stereocenters. The van der Waals surface area contributed by atoms with Gasteiger partial charge in [-0.3, -0.25) is 10.1 Å². The Bertz CT molecular complexity index is 599. The number of rotatable bonds is 4. The van der Waals surface area contributed by atoms with Crippen LogP contribution in [0.1, 0.15) is 11.3 Å². The Morgan fingerprint density at radius 1 is 1.26 bits per heavy atom. The Balaban J connectivity index is 2.16. The lowest BCUT2D eigenvalue weighted by molar-refractivity contribution is -0.384. The topological polar surface area (TPSA) is 68.1 Å². The molecule has 0 aliphatic rings. The molecular weight excluding hydrogens is 266 g/mol. The fourth-order valence-electron chi connectivity index (χ4n) is 1.61. The standard InChI is InChI=1S/C13H12ClN3O2/c1-9-2-7-12(17(18)19)13(16-9)15-8-10-3-5-11(14)6-4-10/h2-7H,8H2,1H3,(H,15,16). The van der Waals surface area contributed by atoms with Crippen molar-refractivity contribution in [2.75, 3.05) is 5.32 Å². The van der Waals surface area contributed by atoms with E-state index >= 15 is 0 Å². The zero-order chi connectivity index (χ0) is 13.8. The molecule has 19 heavy (non-hydrogen) atoms. The SMILES string of the molecule is Cc1ccc([N+](=O)[O-])c(NCc2ccc(Cl)cc2)n1. The van der Waals surface area contributed by atoms with Crippen molar-refractivity contribution in [3.05, 3.63) is 62.8 Å². The minimum atomic E-state index is -0.448. The number of aromatic nitrogens is 1. The second kappa shape index (κ2) is 5.67. The lowest BCUT2D eigenvalue weighted by Gasteiger charge is -2.07. The second-order valence-electron chi connectivity index (χ2n) is 4.06. The van der Waals surface area contributed by atoms with E-state index in [1.165, 1.54) is 6.07 Å². The van der Waals surface area contributed by atoms with Gasteiger partial charge in [0.2, 0.25) is 5.82 Å². The molecule has 0 saturated heterocycles. The number of hydrogen-bond donors (Lipinski definition) is 1. The van der Waals surface area contributed by atoms with E-state index in [9.17, 15) is 10.1 Å². The molecular formula is C13H12ClN3O2. The summed E-state index contributed by atoms with van der Waals surface area (Å²) in [6.07, 6.45) is 0. The smallest absolute Gasteiger partial charge is 0.311 e. The van der Waals surface area contributed by atoms with Crippen LogP contribution in [0.3, 0.4) is 0 Å². The first-order valence-electron chi connectivity index (χ1n) is 5.66. The van der Waals surface area contributed by atoms with Gasteiger partial charge in [-0.05, 0) is 30.7 Å². The summed E-state index contributed by atoms with van der Waals surface area (Å²) in [4.78, 5) is 14.6. The van der Waals surface area contributed by atoms with Crippen LogP contribution in [-0.2, 0) is 6.54 Å². The van der Waals surface area contributed by atoms with E-state index in [1.54, 1.807) is 25.1 Å². The van der Waals surface area contributed by atoms with Crippen LogP contribution in [0.2, 0.25) is 5.02 Å². The number of halogens is 1. The third-order valence-corrected chi connectivity index (χ3v) is 2.84. The van der Waals surface area contributed by atoms with Gasteiger partial charge >= 0.3 is 5.69 Å². The number of pyridine rings is 1. The predicted octanol–water partition coefficient (Wildman–Crippen LogP) is 3.56. The van der Waals surface area contributed by atoms with E-state index < -0.39 is 4.92 Å². The molecule has 2 aromatic rings. The van der Waals surface area contributed by atoms with E-state index in [0.29, 0.717) is 11.6 Å². The fourth-order valence-corrected chi connectivity index (χ4v) is 1.74. The Hall–Kier alpha value is -2.14. The van der Waals surface area contributed by atoms with Gasteiger partial charge in [-0.15, -0.1) is 0 Å². The highest BCUT2D eigenvalue weighted by Gasteiger charge is 2.14. The summed E-state index contributed by atoms with van der Waals surface area (Å²) in [6, 6.07) is 10.3. The summed E-state index contributed by atoms with van der Waals surface area (Å²) in [5, 5.41) is 14.5. The molecule has 0 radical (unpaired) electrons. The molecule has 98 valence electrons. The molecule has 0 aliphatic carbocycles. The number of anilines is 1. The highest BCUT2D eigenvalue weighted by atomic mass is 35.5. The average molecular weight is 278 g/mol. The Labute approximate surface area is 115 Å². The summed E-state index contributed by atoms with van der Waals surface area (Å²) < 4.78 is 0. The normalized spacial score (nSPS) is 10.2. The van der Waals surface area contributed by atoms with Crippen molar-refractivity contribution in [2.45, 2.75) is 13.5 Å². The van der Waals surface area contributed by atoms with Gasteiger partial charge in [0.25, 0.3) is 0 Å². The lowest BCUT2D eigenvalue weighted by Crippen LogP contribution is -2.05. The Morgan fingerprint density at radius 2 is 1.95 bits per heavy atom. The Kier molecular flexibility index (Phi) is 3.97. The van der Waals surface area contributed by atoms with Gasteiger partial charge in [-0.2, -0.15) is 0 Å². The predicted molar refractivity (Wildman–Crippen MR) is 74.4 cm³/mol. The van der Waals surface area contributed by atoms with Crippen LogP contribution in [0.5, 0.6) is 0 Å². The summed E-state index contributed by atoms with van der Waals surface area (Å²) in [5.74, 6) is 0.278. The summed E-state index contributed by atoms with van der Waals surface area (Å²) in [6.45, 7) is 2.24. The van der Waals surface area contributed by atoms with Crippen molar-refractivity contribution in [3.8, 4) is 0 Å². The average Bonchev–Trinajstić information content (AvgIpc) is 2.38. The summed E-state index contributed by atoms with van der Waals surface area (Å²) in [7, 11) is 0. The first kappa shape index (κ1) is 13.3. The number of nitrogens with zero attached hydrogens (tertiary/aromatic N) is 2. The van der Waals surface area contributed by atoms with E-state index in [-0.39, 0.29) is 11.5 Å². The van der Waals surface area contributed by atoms with Gasteiger partial charge in [0.05, 0.1) is 4.92 Å². The summed E-state index contributed by atoms with van der Waals surface area (Å²) in [5.41, 5.74) is 1.67. The lowest BCUT2D eigenvalue weighted by atomic mass is 10.2. The van der Waals surface area contributed by atoms with E-state index in [2.05, 4.69) is 10.3 Å². The molecule has 6 heteroatoms. The van der Waals surface area contributed by atoms with Crippen molar-refractivity contribution in [3.63, 3.8) is 0 Å². The van der Waals surface area contributed by atoms with Gasteiger partial charge in [0.1, 0.15) is 0 Å². The maximum atomic E-state index is 10.9. The molecule has 5 nitrogen and oxygen atoms in total. The van der Waals surface area contributed by atoms with Crippen LogP contribution >= 0.6 is 11.6 Å². The quantitative estimate of drug-likeness (QED) is 0.685.